The van der Waals surface area contributed by atoms with E-state index in [1.165, 1.54) is 17.8 Å². The lowest BCUT2D eigenvalue weighted by molar-refractivity contribution is -0.154. The van der Waals surface area contributed by atoms with Crippen molar-refractivity contribution in [1.29, 1.82) is 0 Å². The number of hydrogen-bond acceptors (Lipinski definition) is 3. The van der Waals surface area contributed by atoms with Crippen LogP contribution in [0.4, 0.5) is 13.2 Å². The van der Waals surface area contributed by atoms with Crippen molar-refractivity contribution in [2.24, 2.45) is 4.99 Å². The number of aromatic nitrogens is 1. The van der Waals surface area contributed by atoms with E-state index < -0.39 is 12.8 Å². The van der Waals surface area contributed by atoms with Crippen LogP contribution in [0.2, 0.25) is 0 Å². The van der Waals surface area contributed by atoms with Crippen LogP contribution in [0, 0.1) is 0 Å². The van der Waals surface area contributed by atoms with Crippen LogP contribution in [0.1, 0.15) is 18.1 Å². The third-order valence-electron chi connectivity index (χ3n) is 3.49. The molecule has 2 N–H and O–H groups in total. The summed E-state index contributed by atoms with van der Waals surface area (Å²) in [6.07, 6.45) is -2.04. The zero-order valence-electron chi connectivity index (χ0n) is 15.1. The van der Waals surface area contributed by atoms with Crippen LogP contribution in [0.5, 0.6) is 5.88 Å². The lowest BCUT2D eigenvalue weighted by atomic mass is 10.1. The summed E-state index contributed by atoms with van der Waals surface area (Å²) in [5.74, 6) is 0.610. The van der Waals surface area contributed by atoms with Crippen LogP contribution in [-0.2, 0) is 13.0 Å². The van der Waals surface area contributed by atoms with Crippen molar-refractivity contribution in [3.8, 4) is 5.88 Å². The highest BCUT2D eigenvalue weighted by atomic mass is 19.4. The van der Waals surface area contributed by atoms with Crippen molar-refractivity contribution >= 4 is 5.96 Å². The van der Waals surface area contributed by atoms with Gasteiger partial charge in [0.05, 0.1) is 6.54 Å². The Morgan fingerprint density at radius 2 is 1.85 bits per heavy atom. The van der Waals surface area contributed by atoms with Gasteiger partial charge in [-0.2, -0.15) is 13.2 Å². The Morgan fingerprint density at radius 3 is 2.48 bits per heavy atom. The van der Waals surface area contributed by atoms with Gasteiger partial charge in [0, 0.05) is 25.4 Å². The highest BCUT2D eigenvalue weighted by Gasteiger charge is 2.28. The van der Waals surface area contributed by atoms with Crippen molar-refractivity contribution in [2.75, 3.05) is 19.7 Å². The molecule has 0 saturated carbocycles. The summed E-state index contributed by atoms with van der Waals surface area (Å²) >= 11 is 0. The second kappa shape index (κ2) is 10.4. The monoisotopic (exact) mass is 380 g/mol. The van der Waals surface area contributed by atoms with E-state index >= 15 is 0 Å². The smallest absolute Gasteiger partial charge is 0.422 e. The summed E-state index contributed by atoms with van der Waals surface area (Å²) in [6.45, 7) is 2.43. The third kappa shape index (κ3) is 8.44. The molecule has 0 saturated heterocycles. The van der Waals surface area contributed by atoms with Crippen molar-refractivity contribution in [3.63, 3.8) is 0 Å². The van der Waals surface area contributed by atoms with Crippen molar-refractivity contribution < 1.29 is 17.9 Å². The number of guanidine groups is 1. The molecule has 27 heavy (non-hydrogen) atoms. The van der Waals surface area contributed by atoms with Crippen LogP contribution < -0.4 is 15.4 Å². The van der Waals surface area contributed by atoms with Gasteiger partial charge in [-0.3, -0.25) is 0 Å². The molecular weight excluding hydrogens is 357 g/mol. The molecule has 8 heteroatoms. The number of nitrogens with one attached hydrogen (secondary N) is 2. The van der Waals surface area contributed by atoms with Gasteiger partial charge in [-0.1, -0.05) is 36.4 Å². The van der Waals surface area contributed by atoms with Crippen molar-refractivity contribution in [1.82, 2.24) is 15.6 Å². The third-order valence-corrected chi connectivity index (χ3v) is 3.49. The fraction of sp³-hybridized carbons (Fsp3) is 0.368. The number of ether oxygens (including phenoxy) is 1. The van der Waals surface area contributed by atoms with E-state index in [4.69, 9.17) is 0 Å². The zero-order chi connectivity index (χ0) is 19.5. The highest BCUT2D eigenvalue weighted by molar-refractivity contribution is 5.79. The molecule has 0 fully saturated rings. The molecule has 0 unspecified atom stereocenters. The number of nitrogens with zero attached hydrogens (tertiary/aromatic N) is 2. The summed E-state index contributed by atoms with van der Waals surface area (Å²) in [5.41, 5.74) is 2.01. The lowest BCUT2D eigenvalue weighted by Crippen LogP contribution is -2.38. The fourth-order valence-electron chi connectivity index (χ4n) is 2.23. The van der Waals surface area contributed by atoms with Crippen LogP contribution in [0.15, 0.2) is 53.7 Å². The van der Waals surface area contributed by atoms with Crippen LogP contribution >= 0.6 is 0 Å². The van der Waals surface area contributed by atoms with Crippen molar-refractivity contribution in [2.45, 2.75) is 26.1 Å². The van der Waals surface area contributed by atoms with E-state index in [9.17, 15) is 13.2 Å². The lowest BCUT2D eigenvalue weighted by Gasteiger charge is -2.11. The molecule has 0 aliphatic carbocycles. The van der Waals surface area contributed by atoms with Gasteiger partial charge in [-0.25, -0.2) is 9.98 Å². The Morgan fingerprint density at radius 1 is 1.07 bits per heavy atom. The van der Waals surface area contributed by atoms with Crippen molar-refractivity contribution in [3.05, 3.63) is 59.8 Å². The summed E-state index contributed by atoms with van der Waals surface area (Å²) in [6, 6.07) is 13.2. The average Bonchev–Trinajstić information content (AvgIpc) is 2.65. The molecule has 1 aromatic carbocycles. The fourth-order valence-corrected chi connectivity index (χ4v) is 2.23. The molecule has 146 valence electrons. The number of hydrogen-bond donors (Lipinski definition) is 2. The molecule has 1 heterocycles. The van der Waals surface area contributed by atoms with E-state index in [-0.39, 0.29) is 5.88 Å². The van der Waals surface area contributed by atoms with Crippen LogP contribution in [0.3, 0.4) is 0 Å². The van der Waals surface area contributed by atoms with Gasteiger partial charge < -0.3 is 15.4 Å². The molecular formula is C19H23F3N4O. The first-order chi connectivity index (χ1) is 13.0. The zero-order valence-corrected chi connectivity index (χ0v) is 15.1. The average molecular weight is 380 g/mol. The maximum Gasteiger partial charge on any atom is 0.422 e. The quantitative estimate of drug-likeness (QED) is 0.545. The first kappa shape index (κ1) is 20.5. The second-order valence-corrected chi connectivity index (χ2v) is 5.77. The summed E-state index contributed by atoms with van der Waals surface area (Å²) < 4.78 is 41.0. The Bertz CT molecular complexity index is 703. The van der Waals surface area contributed by atoms with Gasteiger partial charge in [0.15, 0.2) is 12.6 Å². The van der Waals surface area contributed by atoms with Crippen LogP contribution in [0.25, 0.3) is 0 Å². The Hall–Kier alpha value is -2.77. The highest BCUT2D eigenvalue weighted by Crippen LogP contribution is 2.17. The topological polar surface area (TPSA) is 58.5 Å². The first-order valence-corrected chi connectivity index (χ1v) is 8.67. The van der Waals surface area contributed by atoms with E-state index in [1.54, 1.807) is 6.07 Å². The van der Waals surface area contributed by atoms with Crippen LogP contribution in [-0.4, -0.2) is 36.8 Å². The van der Waals surface area contributed by atoms with E-state index in [2.05, 4.69) is 37.5 Å². The SMILES string of the molecule is CCNC(=NCc1ccc(OCC(F)(F)F)nc1)NCCc1ccccc1. The minimum absolute atomic E-state index is 0.0621. The Kier molecular flexibility index (Phi) is 7.91. The Labute approximate surface area is 156 Å². The summed E-state index contributed by atoms with van der Waals surface area (Å²) in [7, 11) is 0. The standard InChI is InChI=1S/C19H23F3N4O/c1-2-23-18(24-11-10-15-6-4-3-5-7-15)26-13-16-8-9-17(25-12-16)27-14-19(20,21)22/h3-9,12H,2,10-11,13-14H2,1H3,(H2,23,24,26). The number of aliphatic imine (C=N–C) groups is 1. The van der Waals surface area contributed by atoms with Gasteiger partial charge in [0.2, 0.25) is 5.88 Å². The summed E-state index contributed by atoms with van der Waals surface area (Å²) in [4.78, 5) is 8.34. The predicted molar refractivity (Wildman–Crippen MR) is 98.8 cm³/mol. The molecule has 2 rings (SSSR count). The van der Waals surface area contributed by atoms with Gasteiger partial charge in [-0.15, -0.1) is 0 Å². The molecule has 0 atom stereocenters. The minimum atomic E-state index is -4.38. The minimum Gasteiger partial charge on any atom is -0.468 e. The van der Waals surface area contributed by atoms with E-state index in [1.807, 2.05) is 25.1 Å². The normalized spacial score (nSPS) is 11.9. The van der Waals surface area contributed by atoms with E-state index in [0.717, 1.165) is 25.1 Å². The molecule has 2 aromatic rings. The number of pyridine rings is 1. The number of halogens is 3. The predicted octanol–water partition coefficient (Wildman–Crippen LogP) is 3.32. The molecule has 0 aliphatic heterocycles. The van der Waals surface area contributed by atoms with E-state index in [0.29, 0.717) is 12.5 Å². The molecule has 0 bridgehead atoms. The maximum absolute atomic E-state index is 12.1. The van der Waals surface area contributed by atoms with Gasteiger partial charge in [0.1, 0.15) is 0 Å². The molecule has 0 amide bonds. The molecule has 0 aliphatic rings. The first-order valence-electron chi connectivity index (χ1n) is 8.67. The second-order valence-electron chi connectivity index (χ2n) is 5.77. The number of benzene rings is 1. The van der Waals surface area contributed by atoms with Gasteiger partial charge >= 0.3 is 6.18 Å². The largest absolute Gasteiger partial charge is 0.468 e. The molecule has 0 spiro atoms. The maximum atomic E-state index is 12.1. The Balaban J connectivity index is 1.84. The molecule has 1 aromatic heterocycles. The van der Waals surface area contributed by atoms with Gasteiger partial charge in [-0.05, 0) is 24.5 Å². The number of alkyl halides is 3. The molecule has 5 nitrogen and oxygen atoms in total. The summed E-state index contributed by atoms with van der Waals surface area (Å²) in [5, 5.41) is 6.41. The van der Waals surface area contributed by atoms with Gasteiger partial charge in [0.25, 0.3) is 0 Å². The molecule has 0 radical (unpaired) electrons. The number of rotatable bonds is 8.